The number of nitrogens with zero attached hydrogens (tertiary/aromatic N) is 1. The molecular weight excluding hydrogens is 266 g/mol. The Kier molecular flexibility index (Phi) is 3.92. The van der Waals surface area contributed by atoms with E-state index in [-0.39, 0.29) is 5.78 Å². The largest absolute Gasteiger partial charge is 0.427 e. The number of pyridine rings is 1. The zero-order valence-electron chi connectivity index (χ0n) is 10.1. The van der Waals surface area contributed by atoms with Crippen molar-refractivity contribution in [2.75, 3.05) is 0 Å². The van der Waals surface area contributed by atoms with Gasteiger partial charge in [-0.2, -0.15) is 0 Å². The standard InChI is InChI=1S/C14H10ClNO3/c1-9(17)19-12-4-2-3-10(7-12)14(18)11-5-6-13(15)16-8-11/h2-8H,1H3. The lowest BCUT2D eigenvalue weighted by molar-refractivity contribution is -0.131. The fraction of sp³-hybridized carbons (Fsp3) is 0.0714. The highest BCUT2D eigenvalue weighted by atomic mass is 35.5. The van der Waals surface area contributed by atoms with E-state index in [1.54, 1.807) is 30.3 Å². The van der Waals surface area contributed by atoms with Crippen LogP contribution in [0.3, 0.4) is 0 Å². The number of ketones is 1. The molecule has 0 aliphatic carbocycles. The maximum absolute atomic E-state index is 12.2. The highest BCUT2D eigenvalue weighted by molar-refractivity contribution is 6.29. The summed E-state index contributed by atoms with van der Waals surface area (Å²) in [6.45, 7) is 1.30. The maximum Gasteiger partial charge on any atom is 0.308 e. The number of halogens is 1. The molecule has 0 fully saturated rings. The van der Waals surface area contributed by atoms with Gasteiger partial charge in [0, 0.05) is 24.2 Å². The fourth-order valence-electron chi connectivity index (χ4n) is 1.54. The fourth-order valence-corrected chi connectivity index (χ4v) is 1.66. The van der Waals surface area contributed by atoms with Crippen LogP contribution in [0, 0.1) is 0 Å². The Morgan fingerprint density at radius 1 is 1.16 bits per heavy atom. The normalized spacial score (nSPS) is 10.0. The van der Waals surface area contributed by atoms with Crippen LogP contribution in [0.15, 0.2) is 42.6 Å². The van der Waals surface area contributed by atoms with Gasteiger partial charge in [-0.15, -0.1) is 0 Å². The molecule has 0 N–H and O–H groups in total. The summed E-state index contributed by atoms with van der Waals surface area (Å²) in [5.41, 5.74) is 0.840. The number of carbonyl (C=O) groups excluding carboxylic acids is 2. The third-order valence-electron chi connectivity index (χ3n) is 2.35. The van der Waals surface area contributed by atoms with Crippen LogP contribution in [0.2, 0.25) is 5.15 Å². The highest BCUT2D eigenvalue weighted by Gasteiger charge is 2.10. The number of benzene rings is 1. The Morgan fingerprint density at radius 3 is 2.58 bits per heavy atom. The van der Waals surface area contributed by atoms with Crippen LogP contribution in [-0.4, -0.2) is 16.7 Å². The molecule has 0 radical (unpaired) electrons. The molecule has 1 heterocycles. The number of hydrogen-bond acceptors (Lipinski definition) is 4. The number of esters is 1. The van der Waals surface area contributed by atoms with E-state index < -0.39 is 5.97 Å². The van der Waals surface area contributed by atoms with Crippen molar-refractivity contribution in [1.29, 1.82) is 0 Å². The number of rotatable bonds is 3. The molecule has 0 aliphatic heterocycles. The molecule has 19 heavy (non-hydrogen) atoms. The van der Waals surface area contributed by atoms with Crippen LogP contribution < -0.4 is 4.74 Å². The van der Waals surface area contributed by atoms with E-state index in [9.17, 15) is 9.59 Å². The number of carbonyl (C=O) groups is 2. The van der Waals surface area contributed by atoms with Gasteiger partial charge in [-0.25, -0.2) is 4.98 Å². The average molecular weight is 276 g/mol. The Labute approximate surface area is 115 Å². The van der Waals surface area contributed by atoms with Gasteiger partial charge in [-0.1, -0.05) is 23.7 Å². The van der Waals surface area contributed by atoms with Gasteiger partial charge >= 0.3 is 5.97 Å². The monoisotopic (exact) mass is 275 g/mol. The van der Waals surface area contributed by atoms with E-state index in [1.165, 1.54) is 19.2 Å². The lowest BCUT2D eigenvalue weighted by atomic mass is 10.1. The van der Waals surface area contributed by atoms with Gasteiger partial charge in [0.1, 0.15) is 10.9 Å². The molecule has 4 nitrogen and oxygen atoms in total. The van der Waals surface area contributed by atoms with Crippen molar-refractivity contribution in [3.63, 3.8) is 0 Å². The van der Waals surface area contributed by atoms with Crippen LogP contribution >= 0.6 is 11.6 Å². The Hall–Kier alpha value is -2.20. The van der Waals surface area contributed by atoms with Crippen molar-refractivity contribution >= 4 is 23.4 Å². The van der Waals surface area contributed by atoms with Crippen molar-refractivity contribution in [2.24, 2.45) is 0 Å². The molecule has 96 valence electrons. The summed E-state index contributed by atoms with van der Waals surface area (Å²) in [6.07, 6.45) is 1.41. The molecule has 1 aromatic carbocycles. The molecule has 0 spiro atoms. The van der Waals surface area contributed by atoms with Gasteiger partial charge < -0.3 is 4.74 Å². The second-order valence-electron chi connectivity index (χ2n) is 3.82. The number of hydrogen-bond donors (Lipinski definition) is 0. The number of ether oxygens (including phenoxy) is 1. The Balaban J connectivity index is 2.28. The first-order valence-corrected chi connectivity index (χ1v) is 5.89. The maximum atomic E-state index is 12.2. The zero-order chi connectivity index (χ0) is 13.8. The summed E-state index contributed by atoms with van der Waals surface area (Å²) < 4.78 is 4.93. The van der Waals surface area contributed by atoms with E-state index in [2.05, 4.69) is 4.98 Å². The van der Waals surface area contributed by atoms with Crippen molar-refractivity contribution in [2.45, 2.75) is 6.92 Å². The lowest BCUT2D eigenvalue weighted by Crippen LogP contribution is -2.05. The molecule has 0 unspecified atom stereocenters. The molecule has 0 aliphatic rings. The van der Waals surface area contributed by atoms with Gasteiger partial charge in [0.25, 0.3) is 0 Å². The molecule has 0 saturated heterocycles. The van der Waals surface area contributed by atoms with Crippen LogP contribution in [0.25, 0.3) is 0 Å². The molecule has 2 rings (SSSR count). The minimum Gasteiger partial charge on any atom is -0.427 e. The first-order chi connectivity index (χ1) is 9.06. The lowest BCUT2D eigenvalue weighted by Gasteiger charge is -2.04. The minimum absolute atomic E-state index is 0.210. The van der Waals surface area contributed by atoms with Crippen molar-refractivity contribution in [1.82, 2.24) is 4.98 Å². The minimum atomic E-state index is -0.433. The predicted octanol–water partition coefficient (Wildman–Crippen LogP) is 2.89. The molecule has 1 aromatic heterocycles. The smallest absolute Gasteiger partial charge is 0.308 e. The summed E-state index contributed by atoms with van der Waals surface area (Å²) >= 11 is 5.66. The van der Waals surface area contributed by atoms with Gasteiger partial charge in [0.15, 0.2) is 5.78 Å². The molecule has 0 amide bonds. The van der Waals surface area contributed by atoms with Crippen molar-refractivity contribution in [3.8, 4) is 5.75 Å². The van der Waals surface area contributed by atoms with Gasteiger partial charge in [0.2, 0.25) is 0 Å². The summed E-state index contributed by atoms with van der Waals surface area (Å²) in [5, 5.41) is 0.324. The van der Waals surface area contributed by atoms with Crippen LogP contribution in [0.1, 0.15) is 22.8 Å². The zero-order valence-corrected chi connectivity index (χ0v) is 10.8. The summed E-state index contributed by atoms with van der Waals surface area (Å²) in [5.74, 6) is -0.309. The van der Waals surface area contributed by atoms with Gasteiger partial charge in [-0.3, -0.25) is 9.59 Å². The van der Waals surface area contributed by atoms with E-state index >= 15 is 0 Å². The van der Waals surface area contributed by atoms with Crippen LogP contribution in [-0.2, 0) is 4.79 Å². The van der Waals surface area contributed by atoms with E-state index in [0.717, 1.165) is 0 Å². The Bertz CT molecular complexity index is 623. The first-order valence-electron chi connectivity index (χ1n) is 5.51. The average Bonchev–Trinajstić information content (AvgIpc) is 2.38. The molecule has 5 heteroatoms. The van der Waals surface area contributed by atoms with Crippen LogP contribution in [0.4, 0.5) is 0 Å². The van der Waals surface area contributed by atoms with E-state index in [1.807, 2.05) is 0 Å². The van der Waals surface area contributed by atoms with Crippen molar-refractivity contribution in [3.05, 3.63) is 58.9 Å². The second-order valence-corrected chi connectivity index (χ2v) is 4.21. The summed E-state index contributed by atoms with van der Waals surface area (Å²) in [6, 6.07) is 9.55. The van der Waals surface area contributed by atoms with Gasteiger partial charge in [-0.05, 0) is 24.3 Å². The Morgan fingerprint density at radius 2 is 1.95 bits per heavy atom. The third kappa shape index (κ3) is 3.39. The second kappa shape index (κ2) is 5.63. The van der Waals surface area contributed by atoms with Crippen molar-refractivity contribution < 1.29 is 14.3 Å². The summed E-state index contributed by atoms with van der Waals surface area (Å²) in [7, 11) is 0. The van der Waals surface area contributed by atoms with E-state index in [4.69, 9.17) is 16.3 Å². The molecular formula is C14H10ClNO3. The molecule has 0 saturated carbocycles. The van der Waals surface area contributed by atoms with Crippen LogP contribution in [0.5, 0.6) is 5.75 Å². The third-order valence-corrected chi connectivity index (χ3v) is 2.57. The predicted molar refractivity (Wildman–Crippen MR) is 70.4 cm³/mol. The quantitative estimate of drug-likeness (QED) is 0.374. The SMILES string of the molecule is CC(=O)Oc1cccc(C(=O)c2ccc(Cl)nc2)c1. The summed E-state index contributed by atoms with van der Waals surface area (Å²) in [4.78, 5) is 26.9. The highest BCUT2D eigenvalue weighted by Crippen LogP contribution is 2.17. The topological polar surface area (TPSA) is 56.3 Å². The molecule has 2 aromatic rings. The molecule has 0 bridgehead atoms. The molecule has 0 atom stereocenters. The van der Waals surface area contributed by atoms with Gasteiger partial charge in [0.05, 0.1) is 0 Å². The number of aromatic nitrogens is 1. The first kappa shape index (κ1) is 13.2. The van der Waals surface area contributed by atoms with E-state index in [0.29, 0.717) is 22.0 Å².